The monoisotopic (exact) mass is 448 g/mol. The Bertz CT molecular complexity index is 797. The number of anilines is 1. The molecule has 0 bridgehead atoms. The van der Waals surface area contributed by atoms with Crippen molar-refractivity contribution in [1.29, 1.82) is 0 Å². The Morgan fingerprint density at radius 3 is 2.67 bits per heavy atom. The topological polar surface area (TPSA) is 135 Å². The van der Waals surface area contributed by atoms with E-state index in [1.165, 1.54) is 0 Å². The minimum absolute atomic E-state index is 0.206. The number of pyridine rings is 1. The van der Waals surface area contributed by atoms with Crippen molar-refractivity contribution < 1.29 is 25.2 Å². The van der Waals surface area contributed by atoms with Crippen LogP contribution in [0.3, 0.4) is 0 Å². The highest BCUT2D eigenvalue weighted by atomic mass is 127. The molecule has 0 amide bonds. The highest BCUT2D eigenvalue weighted by Gasteiger charge is 2.43. The minimum atomic E-state index is -1.41. The van der Waals surface area contributed by atoms with Gasteiger partial charge in [-0.15, -0.1) is 0 Å². The number of halogens is 1. The fourth-order valence-corrected chi connectivity index (χ4v) is 3.18. The fraction of sp³-hybridized carbons (Fsp3) is 0.400. The summed E-state index contributed by atoms with van der Waals surface area (Å²) in [4.78, 5) is 14.5. The van der Waals surface area contributed by atoms with Gasteiger partial charge in [0.25, 0.3) is 5.56 Å². The molecule has 8 nitrogen and oxygen atoms in total. The standard InChI is InChI=1S/C15H17IN2O6/c16-8-3-6-1-2-7(4-9(6)18-14(8)22)17-11-13(21)12(20)10(5-19)24-15(11)23/h1-4,10-13,15,17,19-21,23H,5H2,(H,18,22)/t10?,11-,12+,13?,15?/m0/s1. The Kier molecular flexibility index (Phi) is 5.08. The summed E-state index contributed by atoms with van der Waals surface area (Å²) in [6, 6.07) is 5.93. The molecule has 0 aliphatic carbocycles. The fourth-order valence-electron chi connectivity index (χ4n) is 2.71. The summed E-state index contributed by atoms with van der Waals surface area (Å²) >= 11 is 1.95. The summed E-state index contributed by atoms with van der Waals surface area (Å²) in [6.07, 6.45) is -5.13. The van der Waals surface area contributed by atoms with Crippen LogP contribution in [0, 0.1) is 3.57 Å². The lowest BCUT2D eigenvalue weighted by Gasteiger charge is -2.40. The van der Waals surface area contributed by atoms with Gasteiger partial charge >= 0.3 is 0 Å². The molecule has 1 fully saturated rings. The van der Waals surface area contributed by atoms with Gasteiger partial charge in [-0.1, -0.05) is 6.07 Å². The average Bonchev–Trinajstić information content (AvgIpc) is 2.56. The van der Waals surface area contributed by atoms with Crippen molar-refractivity contribution in [3.05, 3.63) is 38.2 Å². The zero-order valence-electron chi connectivity index (χ0n) is 12.4. The van der Waals surface area contributed by atoms with Crippen LogP contribution in [0.4, 0.5) is 5.69 Å². The second-order valence-corrected chi connectivity index (χ2v) is 6.81. The number of H-pyrrole nitrogens is 1. The van der Waals surface area contributed by atoms with E-state index < -0.39 is 37.3 Å². The van der Waals surface area contributed by atoms with Gasteiger partial charge in [0.2, 0.25) is 0 Å². The maximum absolute atomic E-state index is 11.7. The van der Waals surface area contributed by atoms with E-state index in [2.05, 4.69) is 10.3 Å². The third-order valence-electron chi connectivity index (χ3n) is 4.03. The van der Waals surface area contributed by atoms with Gasteiger partial charge in [0, 0.05) is 5.69 Å². The van der Waals surface area contributed by atoms with Crippen LogP contribution >= 0.6 is 22.6 Å². The van der Waals surface area contributed by atoms with Crippen LogP contribution < -0.4 is 10.9 Å². The first-order chi connectivity index (χ1) is 11.4. The highest BCUT2D eigenvalue weighted by molar-refractivity contribution is 14.1. The van der Waals surface area contributed by atoms with Gasteiger partial charge in [-0.25, -0.2) is 0 Å². The number of aromatic amines is 1. The van der Waals surface area contributed by atoms with E-state index in [-0.39, 0.29) is 5.56 Å². The Morgan fingerprint density at radius 2 is 1.96 bits per heavy atom. The third-order valence-corrected chi connectivity index (χ3v) is 4.84. The number of aliphatic hydroxyl groups is 4. The van der Waals surface area contributed by atoms with E-state index in [1.54, 1.807) is 24.3 Å². The van der Waals surface area contributed by atoms with Crippen LogP contribution in [0.5, 0.6) is 0 Å². The van der Waals surface area contributed by atoms with Gasteiger partial charge in [-0.3, -0.25) is 4.79 Å². The summed E-state index contributed by atoms with van der Waals surface area (Å²) in [5, 5.41) is 42.8. The molecule has 130 valence electrons. The Hall–Kier alpha value is -1.24. The molecular weight excluding hydrogens is 431 g/mol. The number of hydrogen-bond acceptors (Lipinski definition) is 7. The van der Waals surface area contributed by atoms with Crippen molar-refractivity contribution in [2.75, 3.05) is 11.9 Å². The maximum atomic E-state index is 11.7. The van der Waals surface area contributed by atoms with Gasteiger partial charge in [-0.2, -0.15) is 0 Å². The van der Waals surface area contributed by atoms with Crippen LogP contribution in [0.25, 0.3) is 10.9 Å². The van der Waals surface area contributed by atoms with Crippen molar-refractivity contribution in [2.24, 2.45) is 0 Å². The number of aliphatic hydroxyl groups excluding tert-OH is 4. The van der Waals surface area contributed by atoms with E-state index in [9.17, 15) is 20.1 Å². The lowest BCUT2D eigenvalue weighted by molar-refractivity contribution is -0.245. The molecule has 1 aromatic carbocycles. The van der Waals surface area contributed by atoms with Crippen molar-refractivity contribution >= 4 is 39.2 Å². The summed E-state index contributed by atoms with van der Waals surface area (Å²) in [6.45, 7) is -0.516. The maximum Gasteiger partial charge on any atom is 0.261 e. The normalized spacial score (nSPS) is 30.5. The van der Waals surface area contributed by atoms with E-state index in [0.717, 1.165) is 5.39 Å². The third kappa shape index (κ3) is 3.27. The molecule has 5 atom stereocenters. The predicted octanol–water partition coefficient (Wildman–Crippen LogP) is -0.655. The molecule has 6 N–H and O–H groups in total. The van der Waals surface area contributed by atoms with Gasteiger partial charge in [-0.05, 0) is 46.2 Å². The van der Waals surface area contributed by atoms with Crippen molar-refractivity contribution in [1.82, 2.24) is 4.98 Å². The number of rotatable bonds is 3. The Balaban J connectivity index is 1.86. The highest BCUT2D eigenvalue weighted by Crippen LogP contribution is 2.24. The SMILES string of the molecule is O=c1[nH]c2cc(N[C@@H]3C(O)OC(CO)[C@@H](O)C3O)ccc2cc1I. The predicted molar refractivity (Wildman–Crippen MR) is 94.7 cm³/mol. The molecule has 9 heteroatoms. The first kappa shape index (κ1) is 17.6. The second kappa shape index (κ2) is 6.94. The lowest BCUT2D eigenvalue weighted by atomic mass is 9.97. The van der Waals surface area contributed by atoms with E-state index in [1.807, 2.05) is 22.6 Å². The van der Waals surface area contributed by atoms with Crippen LogP contribution in [-0.4, -0.2) is 62.7 Å². The molecule has 24 heavy (non-hydrogen) atoms. The van der Waals surface area contributed by atoms with Crippen molar-refractivity contribution in [3.63, 3.8) is 0 Å². The summed E-state index contributed by atoms with van der Waals surface area (Å²) in [7, 11) is 0. The summed E-state index contributed by atoms with van der Waals surface area (Å²) in [5.74, 6) is 0. The Morgan fingerprint density at radius 1 is 1.21 bits per heavy atom. The molecule has 3 rings (SSSR count). The van der Waals surface area contributed by atoms with Crippen molar-refractivity contribution in [2.45, 2.75) is 30.6 Å². The number of ether oxygens (including phenoxy) is 1. The van der Waals surface area contributed by atoms with E-state index in [4.69, 9.17) is 9.84 Å². The zero-order chi connectivity index (χ0) is 17.4. The summed E-state index contributed by atoms with van der Waals surface area (Å²) < 4.78 is 5.67. The van der Waals surface area contributed by atoms with Crippen molar-refractivity contribution in [3.8, 4) is 0 Å². The molecule has 2 aromatic rings. The van der Waals surface area contributed by atoms with Crippen LogP contribution in [-0.2, 0) is 4.74 Å². The van der Waals surface area contributed by atoms with E-state index in [0.29, 0.717) is 14.8 Å². The summed E-state index contributed by atoms with van der Waals surface area (Å²) in [5.41, 5.74) is 0.920. The smallest absolute Gasteiger partial charge is 0.261 e. The zero-order valence-corrected chi connectivity index (χ0v) is 14.5. The molecular formula is C15H17IN2O6. The molecule has 1 aliphatic rings. The number of fused-ring (bicyclic) bond motifs is 1. The molecule has 1 aromatic heterocycles. The molecule has 0 saturated carbocycles. The van der Waals surface area contributed by atoms with Crippen LogP contribution in [0.2, 0.25) is 0 Å². The van der Waals surface area contributed by atoms with Crippen LogP contribution in [0.15, 0.2) is 29.1 Å². The van der Waals surface area contributed by atoms with Crippen LogP contribution in [0.1, 0.15) is 0 Å². The van der Waals surface area contributed by atoms with Gasteiger partial charge in [0.05, 0.1) is 15.7 Å². The number of hydrogen-bond donors (Lipinski definition) is 6. The quantitative estimate of drug-likeness (QED) is 0.344. The first-order valence-corrected chi connectivity index (χ1v) is 8.38. The largest absolute Gasteiger partial charge is 0.394 e. The van der Waals surface area contributed by atoms with Gasteiger partial charge in [0.15, 0.2) is 6.29 Å². The molecule has 1 aliphatic heterocycles. The lowest BCUT2D eigenvalue weighted by Crippen LogP contribution is -2.61. The van der Waals surface area contributed by atoms with E-state index >= 15 is 0 Å². The Labute approximate surface area is 150 Å². The number of benzene rings is 1. The molecule has 3 unspecified atom stereocenters. The molecule has 1 saturated heterocycles. The number of nitrogens with one attached hydrogen (secondary N) is 2. The molecule has 0 radical (unpaired) electrons. The minimum Gasteiger partial charge on any atom is -0.394 e. The first-order valence-electron chi connectivity index (χ1n) is 7.30. The number of aromatic nitrogens is 1. The molecule has 2 heterocycles. The van der Waals surface area contributed by atoms with Gasteiger partial charge < -0.3 is 35.5 Å². The molecule has 0 spiro atoms. The van der Waals surface area contributed by atoms with Gasteiger partial charge in [0.1, 0.15) is 24.4 Å². The second-order valence-electron chi connectivity index (χ2n) is 5.65. The average molecular weight is 448 g/mol.